The third-order valence-corrected chi connectivity index (χ3v) is 3.92. The van der Waals surface area contributed by atoms with E-state index in [1.807, 2.05) is 0 Å². The Morgan fingerprint density at radius 1 is 1.36 bits per heavy atom. The lowest BCUT2D eigenvalue weighted by Crippen LogP contribution is -2.23. The number of nitrogens with one attached hydrogen (secondary N) is 1. The van der Waals surface area contributed by atoms with Crippen molar-refractivity contribution in [2.75, 3.05) is 7.05 Å². The maximum Gasteiger partial charge on any atom is 0.425 e. The van der Waals surface area contributed by atoms with E-state index in [-0.39, 0.29) is 5.54 Å². The van der Waals surface area contributed by atoms with Gasteiger partial charge in [-0.25, -0.2) is 0 Å². The normalized spacial score (nSPS) is 19.7. The van der Waals surface area contributed by atoms with Gasteiger partial charge in [-0.3, -0.25) is 0 Å². The van der Waals surface area contributed by atoms with E-state index in [0.717, 1.165) is 35.1 Å². The Morgan fingerprint density at radius 2 is 2.00 bits per heavy atom. The molecule has 1 aromatic rings. The highest BCUT2D eigenvalue weighted by molar-refractivity contribution is 7.12. The van der Waals surface area contributed by atoms with Crippen LogP contribution in [0.25, 0.3) is 0 Å². The first-order valence-corrected chi connectivity index (χ1v) is 5.16. The topological polar surface area (TPSA) is 12.0 Å². The fraction of sp³-hybridized carbons (Fsp3) is 0.556. The molecule has 0 atom stereocenters. The summed E-state index contributed by atoms with van der Waals surface area (Å²) in [5, 5.41) is 3.08. The average molecular weight is 221 g/mol. The molecule has 1 aliphatic carbocycles. The van der Waals surface area contributed by atoms with Gasteiger partial charge < -0.3 is 5.32 Å². The monoisotopic (exact) mass is 221 g/mol. The van der Waals surface area contributed by atoms with Crippen molar-refractivity contribution in [3.8, 4) is 0 Å². The van der Waals surface area contributed by atoms with Gasteiger partial charge in [0.1, 0.15) is 4.88 Å². The lowest BCUT2D eigenvalue weighted by atomic mass is 10.2. The van der Waals surface area contributed by atoms with Crippen LogP contribution in [-0.4, -0.2) is 7.05 Å². The predicted molar refractivity (Wildman–Crippen MR) is 49.3 cm³/mol. The van der Waals surface area contributed by atoms with Gasteiger partial charge in [0.2, 0.25) is 0 Å². The van der Waals surface area contributed by atoms with Crippen molar-refractivity contribution in [3.05, 3.63) is 21.9 Å². The van der Waals surface area contributed by atoms with E-state index in [1.54, 1.807) is 13.1 Å². The van der Waals surface area contributed by atoms with Gasteiger partial charge in [0.25, 0.3) is 0 Å². The summed E-state index contributed by atoms with van der Waals surface area (Å²) in [6.45, 7) is 0. The number of thiophene rings is 1. The largest absolute Gasteiger partial charge is 0.425 e. The zero-order chi connectivity index (χ0) is 10.4. The number of alkyl halides is 3. The van der Waals surface area contributed by atoms with Crippen LogP contribution in [0.3, 0.4) is 0 Å². The molecule has 1 heterocycles. The minimum Gasteiger partial charge on any atom is -0.310 e. The Balaban J connectivity index is 2.27. The van der Waals surface area contributed by atoms with Crippen LogP contribution in [0.15, 0.2) is 12.1 Å². The Hall–Kier alpha value is -0.550. The van der Waals surface area contributed by atoms with Crippen LogP contribution < -0.4 is 5.32 Å². The maximum atomic E-state index is 12.3. The first-order chi connectivity index (χ1) is 6.48. The number of halogens is 3. The molecule has 0 radical (unpaired) electrons. The quantitative estimate of drug-likeness (QED) is 0.809. The van der Waals surface area contributed by atoms with E-state index in [0.29, 0.717) is 0 Å². The second-order valence-electron chi connectivity index (χ2n) is 3.49. The van der Waals surface area contributed by atoms with Gasteiger partial charge in [0.15, 0.2) is 0 Å². The van der Waals surface area contributed by atoms with E-state index in [2.05, 4.69) is 5.32 Å². The van der Waals surface area contributed by atoms with Crippen LogP contribution >= 0.6 is 11.3 Å². The van der Waals surface area contributed by atoms with Crippen LogP contribution in [0.4, 0.5) is 13.2 Å². The SMILES string of the molecule is CNC1(c2ccc(C(F)(F)F)s2)CC1. The Bertz CT molecular complexity index is 338. The molecule has 78 valence electrons. The molecule has 0 bridgehead atoms. The summed E-state index contributed by atoms with van der Waals surface area (Å²) >= 11 is 0.846. The summed E-state index contributed by atoms with van der Waals surface area (Å²) in [5.41, 5.74) is -0.159. The van der Waals surface area contributed by atoms with Crippen molar-refractivity contribution in [2.45, 2.75) is 24.6 Å². The van der Waals surface area contributed by atoms with E-state index >= 15 is 0 Å². The standard InChI is InChI=1S/C9H10F3NS/c1-13-8(4-5-8)6-2-3-7(14-6)9(10,11)12/h2-3,13H,4-5H2,1H3. The van der Waals surface area contributed by atoms with Gasteiger partial charge in [-0.2, -0.15) is 13.2 Å². The summed E-state index contributed by atoms with van der Waals surface area (Å²) in [5.74, 6) is 0. The van der Waals surface area contributed by atoms with E-state index in [1.165, 1.54) is 0 Å². The molecule has 0 amide bonds. The molecule has 1 fully saturated rings. The average Bonchev–Trinajstić information content (AvgIpc) is 2.73. The number of hydrogen-bond donors (Lipinski definition) is 1. The number of rotatable bonds is 2. The van der Waals surface area contributed by atoms with E-state index in [4.69, 9.17) is 0 Å². The molecule has 14 heavy (non-hydrogen) atoms. The molecule has 1 aliphatic rings. The Morgan fingerprint density at radius 3 is 2.36 bits per heavy atom. The Kier molecular flexibility index (Phi) is 2.12. The molecule has 2 rings (SSSR count). The maximum absolute atomic E-state index is 12.3. The van der Waals surface area contributed by atoms with Crippen LogP contribution in [0, 0.1) is 0 Å². The minimum atomic E-state index is -4.20. The van der Waals surface area contributed by atoms with Crippen molar-refractivity contribution < 1.29 is 13.2 Å². The molecule has 1 nitrogen and oxygen atoms in total. The highest BCUT2D eigenvalue weighted by Crippen LogP contribution is 2.49. The van der Waals surface area contributed by atoms with Crippen molar-refractivity contribution in [1.82, 2.24) is 5.32 Å². The smallest absolute Gasteiger partial charge is 0.310 e. The molecule has 1 aromatic heterocycles. The van der Waals surface area contributed by atoms with E-state index < -0.39 is 11.1 Å². The van der Waals surface area contributed by atoms with Crippen molar-refractivity contribution >= 4 is 11.3 Å². The summed E-state index contributed by atoms with van der Waals surface area (Å²) in [7, 11) is 1.79. The predicted octanol–water partition coefficient (Wildman–Crippen LogP) is 2.98. The van der Waals surface area contributed by atoms with Gasteiger partial charge in [0.05, 0.1) is 5.54 Å². The second kappa shape index (κ2) is 2.97. The third-order valence-electron chi connectivity index (χ3n) is 2.59. The van der Waals surface area contributed by atoms with Crippen molar-refractivity contribution in [3.63, 3.8) is 0 Å². The van der Waals surface area contributed by atoms with Crippen molar-refractivity contribution in [1.29, 1.82) is 0 Å². The third kappa shape index (κ3) is 1.54. The van der Waals surface area contributed by atoms with Gasteiger partial charge >= 0.3 is 6.18 Å². The summed E-state index contributed by atoms with van der Waals surface area (Å²) in [6.07, 6.45) is -2.34. The molecule has 0 saturated heterocycles. The molecular formula is C9H10F3NS. The number of hydrogen-bond acceptors (Lipinski definition) is 2. The molecule has 0 aromatic carbocycles. The van der Waals surface area contributed by atoms with Gasteiger partial charge in [-0.15, -0.1) is 11.3 Å². The van der Waals surface area contributed by atoms with Crippen molar-refractivity contribution in [2.24, 2.45) is 0 Å². The molecular weight excluding hydrogens is 211 g/mol. The van der Waals surface area contributed by atoms with Crippen LogP contribution in [-0.2, 0) is 11.7 Å². The lowest BCUT2D eigenvalue weighted by Gasteiger charge is -2.10. The molecule has 0 unspecified atom stereocenters. The summed E-state index contributed by atoms with van der Waals surface area (Å²) in [4.78, 5) is 0.293. The second-order valence-corrected chi connectivity index (χ2v) is 4.58. The zero-order valence-corrected chi connectivity index (χ0v) is 8.43. The van der Waals surface area contributed by atoms with Crippen LogP contribution in [0.1, 0.15) is 22.6 Å². The first kappa shape index (κ1) is 9.98. The highest BCUT2D eigenvalue weighted by atomic mass is 32.1. The minimum absolute atomic E-state index is 0.159. The molecule has 0 spiro atoms. The molecule has 1 N–H and O–H groups in total. The van der Waals surface area contributed by atoms with Crippen LogP contribution in [0.5, 0.6) is 0 Å². The Labute approximate surface area is 83.9 Å². The molecule has 0 aliphatic heterocycles. The summed E-state index contributed by atoms with van der Waals surface area (Å²) < 4.78 is 36.9. The molecule has 1 saturated carbocycles. The van der Waals surface area contributed by atoms with Crippen LogP contribution in [0.2, 0.25) is 0 Å². The van der Waals surface area contributed by atoms with Gasteiger partial charge in [-0.1, -0.05) is 0 Å². The molecule has 5 heteroatoms. The fourth-order valence-electron chi connectivity index (χ4n) is 1.49. The first-order valence-electron chi connectivity index (χ1n) is 4.34. The zero-order valence-electron chi connectivity index (χ0n) is 7.61. The summed E-state index contributed by atoms with van der Waals surface area (Å²) in [6, 6.07) is 2.74. The van der Waals surface area contributed by atoms with Gasteiger partial charge in [-0.05, 0) is 32.0 Å². The lowest BCUT2D eigenvalue weighted by molar-refractivity contribution is -0.134. The highest BCUT2D eigenvalue weighted by Gasteiger charge is 2.45. The fourth-order valence-corrected chi connectivity index (χ4v) is 2.62. The van der Waals surface area contributed by atoms with E-state index in [9.17, 15) is 13.2 Å². The van der Waals surface area contributed by atoms with Gasteiger partial charge in [0, 0.05) is 4.88 Å².